The van der Waals surface area contributed by atoms with Crippen molar-refractivity contribution in [1.29, 1.82) is 0 Å². The van der Waals surface area contributed by atoms with E-state index in [0.717, 1.165) is 38.6 Å². The maximum Gasteiger partial charge on any atom is 0.0972 e. The highest BCUT2D eigenvalue weighted by molar-refractivity contribution is 6.22. The van der Waals surface area contributed by atoms with Gasteiger partial charge in [0.25, 0.3) is 0 Å². The third kappa shape index (κ3) is 4.96. The van der Waals surface area contributed by atoms with Crippen LogP contribution in [0, 0.1) is 0 Å². The lowest BCUT2D eigenvalue weighted by molar-refractivity contribution is 1.37. The zero-order chi connectivity index (χ0) is 35.6. The first-order valence-electron chi connectivity index (χ1n) is 18.5. The summed E-state index contributed by atoms with van der Waals surface area (Å²) in [5, 5.41) is 12.1. The molecule has 0 amide bonds. The van der Waals surface area contributed by atoms with Crippen LogP contribution in [-0.4, -0.2) is 9.97 Å². The van der Waals surface area contributed by atoms with Gasteiger partial charge in [0.2, 0.25) is 0 Å². The van der Waals surface area contributed by atoms with Crippen LogP contribution in [0.25, 0.3) is 110 Å². The molecule has 0 aliphatic heterocycles. The van der Waals surface area contributed by atoms with Gasteiger partial charge in [0.1, 0.15) is 0 Å². The maximum absolute atomic E-state index is 5.18. The van der Waals surface area contributed by atoms with Gasteiger partial charge in [-0.15, -0.1) is 0 Å². The van der Waals surface area contributed by atoms with Crippen LogP contribution in [0.3, 0.4) is 0 Å². The fourth-order valence-corrected chi connectivity index (χ4v) is 8.41. The molecule has 11 rings (SSSR count). The van der Waals surface area contributed by atoms with Crippen LogP contribution in [0.4, 0.5) is 0 Å². The van der Waals surface area contributed by atoms with E-state index in [1.165, 1.54) is 70.9 Å². The van der Waals surface area contributed by atoms with Crippen molar-refractivity contribution >= 4 is 64.9 Å². The summed E-state index contributed by atoms with van der Waals surface area (Å²) in [7, 11) is 0. The van der Waals surface area contributed by atoms with Crippen molar-refractivity contribution in [2.45, 2.75) is 0 Å². The number of fused-ring (bicyclic) bond motifs is 7. The summed E-state index contributed by atoms with van der Waals surface area (Å²) in [5.74, 6) is 0. The van der Waals surface area contributed by atoms with E-state index in [2.05, 4.69) is 182 Å². The predicted octanol–water partition coefficient (Wildman–Crippen LogP) is 14.1. The fourth-order valence-electron chi connectivity index (χ4n) is 8.41. The molecule has 0 radical (unpaired) electrons. The van der Waals surface area contributed by atoms with Crippen LogP contribution < -0.4 is 0 Å². The Hall–Kier alpha value is -7.16. The summed E-state index contributed by atoms with van der Waals surface area (Å²) in [5.41, 5.74) is 11.1. The summed E-state index contributed by atoms with van der Waals surface area (Å²) in [6, 6.07) is 68.4. The van der Waals surface area contributed by atoms with Crippen molar-refractivity contribution in [3.05, 3.63) is 194 Å². The second kappa shape index (κ2) is 12.2. The second-order valence-corrected chi connectivity index (χ2v) is 14.2. The molecule has 54 heavy (non-hydrogen) atoms. The summed E-state index contributed by atoms with van der Waals surface area (Å²) in [4.78, 5) is 9.87. The average molecular weight is 685 g/mol. The molecule has 0 saturated carbocycles. The zero-order valence-electron chi connectivity index (χ0n) is 29.4. The standard InChI is InChI=1S/C52H32N2/c1-3-11-37-30-42(22-18-33(37)9-1)49-44-16-5-6-17-45(44)50(43-23-19-34-10-2-4-12-38(34)31-43)47-32-40(24-26-46(47)49)39-13-7-14-41(29-39)48-27-25-36-21-20-35-15-8-28-53-51(35)52(36)54-48/h1-32H. The number of rotatable bonds is 4. The molecule has 0 N–H and O–H groups in total. The summed E-state index contributed by atoms with van der Waals surface area (Å²) >= 11 is 0. The summed E-state index contributed by atoms with van der Waals surface area (Å²) in [6.07, 6.45) is 1.84. The SMILES string of the molecule is c1cc(-c2ccc3c(-c4ccc5ccccc5c4)c4ccccc4c(-c4ccc5ccccc5c4)c3c2)cc(-c2ccc3ccc4cccnc4c3n2)c1. The average Bonchev–Trinajstić information content (AvgIpc) is 3.24. The maximum atomic E-state index is 5.18. The Morgan fingerprint density at radius 1 is 0.278 bits per heavy atom. The number of aromatic nitrogens is 2. The zero-order valence-corrected chi connectivity index (χ0v) is 29.4. The Morgan fingerprint density at radius 3 is 1.52 bits per heavy atom. The second-order valence-electron chi connectivity index (χ2n) is 14.2. The Bertz CT molecular complexity index is 3290. The normalized spacial score (nSPS) is 11.7. The van der Waals surface area contributed by atoms with Crippen LogP contribution in [0.2, 0.25) is 0 Å². The molecular weight excluding hydrogens is 653 g/mol. The molecule has 250 valence electrons. The minimum absolute atomic E-state index is 0.926. The lowest BCUT2D eigenvalue weighted by atomic mass is 9.84. The largest absolute Gasteiger partial charge is 0.254 e. The van der Waals surface area contributed by atoms with Crippen LogP contribution in [0.5, 0.6) is 0 Å². The molecule has 2 heteroatoms. The topological polar surface area (TPSA) is 25.8 Å². The van der Waals surface area contributed by atoms with E-state index in [4.69, 9.17) is 9.97 Å². The van der Waals surface area contributed by atoms with Gasteiger partial charge in [-0.3, -0.25) is 4.98 Å². The van der Waals surface area contributed by atoms with Crippen LogP contribution in [-0.2, 0) is 0 Å². The lowest BCUT2D eigenvalue weighted by Gasteiger charge is -2.19. The van der Waals surface area contributed by atoms with Crippen LogP contribution in [0.15, 0.2) is 194 Å². The quantitative estimate of drug-likeness (QED) is 0.136. The number of hydrogen-bond donors (Lipinski definition) is 0. The highest BCUT2D eigenvalue weighted by Crippen LogP contribution is 2.46. The van der Waals surface area contributed by atoms with Crippen LogP contribution in [0.1, 0.15) is 0 Å². The van der Waals surface area contributed by atoms with Gasteiger partial charge in [0.15, 0.2) is 0 Å². The van der Waals surface area contributed by atoms with E-state index in [1.54, 1.807) is 0 Å². The van der Waals surface area contributed by atoms with E-state index in [-0.39, 0.29) is 0 Å². The fraction of sp³-hybridized carbons (Fsp3) is 0. The van der Waals surface area contributed by atoms with Gasteiger partial charge in [-0.1, -0.05) is 152 Å². The molecule has 0 aliphatic carbocycles. The lowest BCUT2D eigenvalue weighted by Crippen LogP contribution is -1.92. The van der Waals surface area contributed by atoms with E-state index in [1.807, 2.05) is 12.3 Å². The number of nitrogens with zero attached hydrogens (tertiary/aromatic N) is 2. The molecular formula is C52H32N2. The highest BCUT2D eigenvalue weighted by Gasteiger charge is 2.18. The molecule has 0 unspecified atom stereocenters. The van der Waals surface area contributed by atoms with E-state index >= 15 is 0 Å². The first-order valence-corrected chi connectivity index (χ1v) is 18.5. The minimum atomic E-state index is 0.926. The van der Waals surface area contributed by atoms with Crippen molar-refractivity contribution in [3.63, 3.8) is 0 Å². The number of hydrogen-bond acceptors (Lipinski definition) is 2. The molecule has 2 aromatic heterocycles. The summed E-state index contributed by atoms with van der Waals surface area (Å²) in [6.45, 7) is 0. The number of benzene rings is 9. The monoisotopic (exact) mass is 684 g/mol. The first-order chi connectivity index (χ1) is 26.7. The molecule has 0 atom stereocenters. The van der Waals surface area contributed by atoms with E-state index < -0.39 is 0 Å². The third-order valence-electron chi connectivity index (χ3n) is 11.0. The van der Waals surface area contributed by atoms with Gasteiger partial charge in [0, 0.05) is 22.5 Å². The predicted molar refractivity (Wildman–Crippen MR) is 229 cm³/mol. The smallest absolute Gasteiger partial charge is 0.0972 e. The highest BCUT2D eigenvalue weighted by atomic mass is 14.7. The molecule has 9 aromatic carbocycles. The molecule has 0 bridgehead atoms. The Balaban J connectivity index is 1.15. The van der Waals surface area contributed by atoms with Gasteiger partial charge in [-0.2, -0.15) is 0 Å². The van der Waals surface area contributed by atoms with Crippen LogP contribution >= 0.6 is 0 Å². The van der Waals surface area contributed by atoms with Gasteiger partial charge >= 0.3 is 0 Å². The van der Waals surface area contributed by atoms with Gasteiger partial charge in [-0.05, 0) is 113 Å². The minimum Gasteiger partial charge on any atom is -0.254 e. The molecule has 11 aromatic rings. The molecule has 0 saturated heterocycles. The third-order valence-corrected chi connectivity index (χ3v) is 11.0. The van der Waals surface area contributed by atoms with Crippen molar-refractivity contribution in [3.8, 4) is 44.6 Å². The van der Waals surface area contributed by atoms with E-state index in [0.29, 0.717) is 0 Å². The molecule has 0 aliphatic rings. The van der Waals surface area contributed by atoms with Crippen molar-refractivity contribution in [2.24, 2.45) is 0 Å². The Labute approximate surface area is 312 Å². The first kappa shape index (κ1) is 30.5. The van der Waals surface area contributed by atoms with Crippen molar-refractivity contribution in [2.75, 3.05) is 0 Å². The molecule has 2 heterocycles. The Morgan fingerprint density at radius 2 is 0.796 bits per heavy atom. The van der Waals surface area contributed by atoms with Gasteiger partial charge in [-0.25, -0.2) is 4.98 Å². The Kier molecular flexibility index (Phi) is 6.90. The van der Waals surface area contributed by atoms with Gasteiger partial charge < -0.3 is 0 Å². The van der Waals surface area contributed by atoms with Crippen molar-refractivity contribution < 1.29 is 0 Å². The van der Waals surface area contributed by atoms with Crippen molar-refractivity contribution in [1.82, 2.24) is 9.97 Å². The van der Waals surface area contributed by atoms with Gasteiger partial charge in [0.05, 0.1) is 16.7 Å². The van der Waals surface area contributed by atoms with E-state index in [9.17, 15) is 0 Å². The molecule has 0 fully saturated rings. The number of pyridine rings is 2. The molecule has 2 nitrogen and oxygen atoms in total. The molecule has 0 spiro atoms. The summed E-state index contributed by atoms with van der Waals surface area (Å²) < 4.78 is 0.